The molecule has 160 valence electrons. The highest BCUT2D eigenvalue weighted by molar-refractivity contribution is 5.49. The number of fused-ring (bicyclic) bond motifs is 5. The zero-order chi connectivity index (χ0) is 20.1. The summed E-state index contributed by atoms with van der Waals surface area (Å²) in [6, 6.07) is 0. The number of aliphatic hydroxyl groups is 1. The van der Waals surface area contributed by atoms with E-state index in [0.717, 1.165) is 36.9 Å². The molecule has 0 aromatic carbocycles. The fraction of sp³-hybridized carbons (Fsp3) is 0.962. The van der Waals surface area contributed by atoms with Gasteiger partial charge in [0.25, 0.3) is 0 Å². The third-order valence-electron chi connectivity index (χ3n) is 10.8. The van der Waals surface area contributed by atoms with Gasteiger partial charge in [-0.25, -0.2) is 0 Å². The van der Waals surface area contributed by atoms with Crippen LogP contribution < -0.4 is 0 Å². The second-order valence-electron chi connectivity index (χ2n) is 11.7. The Morgan fingerprint density at radius 1 is 1.00 bits per heavy atom. The molecule has 2 nitrogen and oxygen atoms in total. The first-order valence-electron chi connectivity index (χ1n) is 12.5. The molecule has 1 N–H and O–H groups in total. The van der Waals surface area contributed by atoms with Crippen LogP contribution in [0.25, 0.3) is 0 Å². The number of carbonyl (C=O) groups excluding carboxylic acids is 1. The van der Waals surface area contributed by atoms with Crippen LogP contribution in [-0.4, -0.2) is 17.5 Å². The van der Waals surface area contributed by atoms with E-state index in [-0.39, 0.29) is 6.10 Å². The second-order valence-corrected chi connectivity index (χ2v) is 11.7. The van der Waals surface area contributed by atoms with E-state index >= 15 is 0 Å². The SMILES string of the molecule is CC[C@@H]1C2CCCC[C@]2(C)C2CC[C@@]3(C)C(CC[C@@H]3[C@H](C)CCC=O)C2[C@@H]1O. The van der Waals surface area contributed by atoms with E-state index in [1.165, 1.54) is 51.4 Å². The van der Waals surface area contributed by atoms with Crippen molar-refractivity contribution in [3.8, 4) is 0 Å². The fourth-order valence-corrected chi connectivity index (χ4v) is 9.55. The summed E-state index contributed by atoms with van der Waals surface area (Å²) in [4.78, 5) is 10.9. The van der Waals surface area contributed by atoms with Crippen molar-refractivity contribution in [3.63, 3.8) is 0 Å². The van der Waals surface area contributed by atoms with Crippen molar-refractivity contribution < 1.29 is 9.90 Å². The Labute approximate surface area is 173 Å². The zero-order valence-corrected chi connectivity index (χ0v) is 18.8. The molecule has 0 aromatic heterocycles. The van der Waals surface area contributed by atoms with Gasteiger partial charge >= 0.3 is 0 Å². The van der Waals surface area contributed by atoms with Gasteiger partial charge < -0.3 is 9.90 Å². The molecule has 0 aliphatic heterocycles. The van der Waals surface area contributed by atoms with Crippen LogP contribution in [0, 0.1) is 52.3 Å². The number of carbonyl (C=O) groups is 1. The van der Waals surface area contributed by atoms with Crippen LogP contribution in [0.1, 0.15) is 98.3 Å². The summed E-state index contributed by atoms with van der Waals surface area (Å²) in [7, 11) is 0. The molecule has 4 unspecified atom stereocenters. The third kappa shape index (κ3) is 2.95. The highest BCUT2D eigenvalue weighted by Crippen LogP contribution is 2.69. The predicted molar refractivity (Wildman–Crippen MR) is 115 cm³/mol. The minimum atomic E-state index is -0.0835. The van der Waals surface area contributed by atoms with E-state index in [1.54, 1.807) is 0 Å². The van der Waals surface area contributed by atoms with Crippen molar-refractivity contribution in [2.75, 3.05) is 0 Å². The first-order chi connectivity index (χ1) is 13.4. The smallest absolute Gasteiger partial charge is 0.120 e. The Bertz CT molecular complexity index is 573. The third-order valence-corrected chi connectivity index (χ3v) is 10.8. The van der Waals surface area contributed by atoms with Gasteiger partial charge in [-0.1, -0.05) is 47.0 Å². The Hall–Kier alpha value is -0.370. The van der Waals surface area contributed by atoms with Crippen molar-refractivity contribution in [2.45, 2.75) is 104 Å². The van der Waals surface area contributed by atoms with E-state index in [4.69, 9.17) is 0 Å². The topological polar surface area (TPSA) is 37.3 Å². The Kier molecular flexibility index (Phi) is 5.75. The molecule has 0 saturated heterocycles. The quantitative estimate of drug-likeness (QED) is 0.565. The van der Waals surface area contributed by atoms with Gasteiger partial charge in [-0.05, 0) is 97.2 Å². The second kappa shape index (κ2) is 7.71. The lowest BCUT2D eigenvalue weighted by molar-refractivity contribution is -0.194. The van der Waals surface area contributed by atoms with Gasteiger partial charge in [-0.15, -0.1) is 0 Å². The molecule has 2 heteroatoms. The lowest BCUT2D eigenvalue weighted by atomic mass is 9.41. The van der Waals surface area contributed by atoms with Crippen LogP contribution in [0.3, 0.4) is 0 Å². The van der Waals surface area contributed by atoms with Gasteiger partial charge in [0.1, 0.15) is 6.29 Å². The maximum atomic E-state index is 11.7. The minimum absolute atomic E-state index is 0.0835. The van der Waals surface area contributed by atoms with E-state index in [2.05, 4.69) is 27.7 Å². The van der Waals surface area contributed by atoms with Crippen LogP contribution in [0.15, 0.2) is 0 Å². The molecule has 0 spiro atoms. The molecule has 10 atom stereocenters. The summed E-state index contributed by atoms with van der Waals surface area (Å²) < 4.78 is 0. The highest BCUT2D eigenvalue weighted by atomic mass is 16.3. The van der Waals surface area contributed by atoms with Crippen molar-refractivity contribution in [1.29, 1.82) is 0 Å². The lowest BCUT2D eigenvalue weighted by Gasteiger charge is -2.64. The Morgan fingerprint density at radius 2 is 1.75 bits per heavy atom. The van der Waals surface area contributed by atoms with Gasteiger partial charge in [0.15, 0.2) is 0 Å². The van der Waals surface area contributed by atoms with Gasteiger partial charge in [0.2, 0.25) is 0 Å². The Balaban J connectivity index is 1.64. The molecule has 4 aliphatic rings. The normalized spacial score (nSPS) is 51.7. The zero-order valence-electron chi connectivity index (χ0n) is 18.8. The first-order valence-corrected chi connectivity index (χ1v) is 12.5. The molecule has 4 saturated carbocycles. The molecular weight excluding hydrogens is 344 g/mol. The van der Waals surface area contributed by atoms with E-state index in [1.807, 2.05) is 0 Å². The summed E-state index contributed by atoms with van der Waals surface area (Å²) in [5.41, 5.74) is 0.839. The van der Waals surface area contributed by atoms with Gasteiger partial charge in [0.05, 0.1) is 6.10 Å². The number of aldehydes is 1. The number of hydrogen-bond donors (Lipinski definition) is 1. The summed E-state index contributed by atoms with van der Waals surface area (Å²) in [5.74, 6) is 4.58. The molecule has 0 bridgehead atoms. The molecule has 28 heavy (non-hydrogen) atoms. The average molecular weight is 389 g/mol. The maximum Gasteiger partial charge on any atom is 0.120 e. The van der Waals surface area contributed by atoms with E-state index in [0.29, 0.717) is 40.9 Å². The maximum absolute atomic E-state index is 11.7. The van der Waals surface area contributed by atoms with E-state index < -0.39 is 0 Å². The summed E-state index contributed by atoms with van der Waals surface area (Å²) >= 11 is 0. The molecule has 0 aromatic rings. The van der Waals surface area contributed by atoms with Gasteiger partial charge in [0, 0.05) is 6.42 Å². The van der Waals surface area contributed by atoms with Crippen LogP contribution >= 0.6 is 0 Å². The van der Waals surface area contributed by atoms with E-state index in [9.17, 15) is 9.90 Å². The van der Waals surface area contributed by atoms with Crippen molar-refractivity contribution in [2.24, 2.45) is 52.3 Å². The van der Waals surface area contributed by atoms with Crippen molar-refractivity contribution >= 4 is 6.29 Å². The first kappa shape index (κ1) is 20.9. The molecule has 4 aliphatic carbocycles. The average Bonchev–Trinajstić information content (AvgIpc) is 3.04. The highest BCUT2D eigenvalue weighted by Gasteiger charge is 2.64. The minimum Gasteiger partial charge on any atom is -0.393 e. The molecule has 4 rings (SSSR count). The molecule has 0 radical (unpaired) electrons. The van der Waals surface area contributed by atoms with Crippen LogP contribution in [0.4, 0.5) is 0 Å². The van der Waals surface area contributed by atoms with Crippen molar-refractivity contribution in [3.05, 3.63) is 0 Å². The largest absolute Gasteiger partial charge is 0.393 e. The van der Waals surface area contributed by atoms with Crippen LogP contribution in [-0.2, 0) is 4.79 Å². The monoisotopic (exact) mass is 388 g/mol. The Morgan fingerprint density at radius 3 is 2.46 bits per heavy atom. The number of aliphatic hydroxyl groups excluding tert-OH is 1. The van der Waals surface area contributed by atoms with Gasteiger partial charge in [-0.3, -0.25) is 0 Å². The predicted octanol–water partition coefficient (Wildman–Crippen LogP) is 6.26. The summed E-state index contributed by atoms with van der Waals surface area (Å²) in [6.07, 6.45) is 14.7. The summed E-state index contributed by atoms with van der Waals surface area (Å²) in [5, 5.41) is 11.7. The molecule has 0 heterocycles. The number of rotatable bonds is 5. The molecular formula is C26H44O2. The standard InChI is InChI=1S/C26H44O2/c1-5-18-20-10-6-7-14-25(20,3)22-13-15-26(4)19(17(2)9-8-16-27)11-12-21(26)23(22)24(18)28/h16-24,28H,5-15H2,1-4H3/t17-,18-,19-,20?,21?,22?,23?,24-,25+,26-/m1/s1. The summed E-state index contributed by atoms with van der Waals surface area (Å²) in [6.45, 7) is 9.89. The lowest BCUT2D eigenvalue weighted by Crippen LogP contribution is -2.61. The number of hydrogen-bond acceptors (Lipinski definition) is 2. The fourth-order valence-electron chi connectivity index (χ4n) is 9.55. The van der Waals surface area contributed by atoms with Crippen LogP contribution in [0.2, 0.25) is 0 Å². The van der Waals surface area contributed by atoms with Crippen molar-refractivity contribution in [1.82, 2.24) is 0 Å². The van der Waals surface area contributed by atoms with Crippen LogP contribution in [0.5, 0.6) is 0 Å². The molecule has 4 fully saturated rings. The molecule has 0 amide bonds. The van der Waals surface area contributed by atoms with Gasteiger partial charge in [-0.2, -0.15) is 0 Å².